The molecular formula is C16H17N3O2S. The van der Waals surface area contributed by atoms with Crippen LogP contribution in [-0.4, -0.2) is 43.0 Å². The fraction of sp³-hybridized carbons (Fsp3) is 0.250. The summed E-state index contributed by atoms with van der Waals surface area (Å²) in [4.78, 5) is 29.0. The zero-order valence-electron chi connectivity index (χ0n) is 12.5. The Morgan fingerprint density at radius 3 is 2.86 bits per heavy atom. The summed E-state index contributed by atoms with van der Waals surface area (Å²) < 4.78 is 0.957. The number of rotatable bonds is 4. The van der Waals surface area contributed by atoms with E-state index in [1.54, 1.807) is 12.1 Å². The molecule has 5 nitrogen and oxygen atoms in total. The zero-order valence-corrected chi connectivity index (χ0v) is 13.3. The summed E-state index contributed by atoms with van der Waals surface area (Å²) in [6, 6.07) is 7.25. The summed E-state index contributed by atoms with van der Waals surface area (Å²) in [6.45, 7) is 1.37. The van der Waals surface area contributed by atoms with E-state index in [4.69, 9.17) is 0 Å². The third kappa shape index (κ3) is 2.75. The quantitative estimate of drug-likeness (QED) is 0.774. The van der Waals surface area contributed by atoms with Crippen molar-refractivity contribution in [2.24, 2.45) is 0 Å². The molecule has 0 unspecified atom stereocenters. The van der Waals surface area contributed by atoms with E-state index in [9.17, 15) is 9.59 Å². The molecule has 2 N–H and O–H groups in total. The van der Waals surface area contributed by atoms with Gasteiger partial charge >= 0.3 is 0 Å². The number of pyridine rings is 1. The fourth-order valence-electron chi connectivity index (χ4n) is 2.37. The van der Waals surface area contributed by atoms with Crippen molar-refractivity contribution in [3.63, 3.8) is 0 Å². The number of hydrogen-bond acceptors (Lipinski definition) is 4. The standard InChI is InChI=1S/C16H17N3O2S/c1-19(2)7-6-17-15(20)10-3-4-11-13(9-10)18-16(21)12-5-8-22-14(11)12/h3-5,8-9H,6-7H2,1-2H3,(H,17,20)(H,18,21). The normalized spacial score (nSPS) is 11.4. The van der Waals surface area contributed by atoms with E-state index >= 15 is 0 Å². The average Bonchev–Trinajstić information content (AvgIpc) is 2.96. The number of aromatic amines is 1. The van der Waals surface area contributed by atoms with E-state index in [-0.39, 0.29) is 11.5 Å². The first-order chi connectivity index (χ1) is 10.6. The van der Waals surface area contributed by atoms with Crippen molar-refractivity contribution in [1.82, 2.24) is 15.2 Å². The van der Waals surface area contributed by atoms with Crippen LogP contribution >= 0.6 is 11.3 Å². The highest BCUT2D eigenvalue weighted by atomic mass is 32.1. The van der Waals surface area contributed by atoms with Crippen LogP contribution in [-0.2, 0) is 0 Å². The molecule has 0 aliphatic heterocycles. The summed E-state index contributed by atoms with van der Waals surface area (Å²) in [5.74, 6) is -0.129. The van der Waals surface area contributed by atoms with Crippen LogP contribution in [0.25, 0.3) is 21.0 Å². The number of aromatic nitrogens is 1. The largest absolute Gasteiger partial charge is 0.351 e. The second-order valence-electron chi connectivity index (χ2n) is 5.44. The van der Waals surface area contributed by atoms with Crippen molar-refractivity contribution in [2.75, 3.05) is 27.2 Å². The molecule has 2 aromatic heterocycles. The molecule has 0 saturated heterocycles. The van der Waals surface area contributed by atoms with Crippen LogP contribution in [0.15, 0.2) is 34.4 Å². The van der Waals surface area contributed by atoms with Gasteiger partial charge in [0, 0.05) is 28.7 Å². The molecule has 3 rings (SSSR count). The van der Waals surface area contributed by atoms with Crippen molar-refractivity contribution in [2.45, 2.75) is 0 Å². The Hall–Kier alpha value is -2.18. The van der Waals surface area contributed by atoms with Crippen molar-refractivity contribution in [1.29, 1.82) is 0 Å². The lowest BCUT2D eigenvalue weighted by molar-refractivity contribution is 0.0951. The number of H-pyrrole nitrogens is 1. The van der Waals surface area contributed by atoms with E-state index in [1.807, 2.05) is 36.5 Å². The zero-order chi connectivity index (χ0) is 15.7. The van der Waals surface area contributed by atoms with Gasteiger partial charge in [0.1, 0.15) is 0 Å². The molecule has 1 aromatic carbocycles. The number of carbonyl (C=O) groups excluding carboxylic acids is 1. The molecule has 22 heavy (non-hydrogen) atoms. The first-order valence-corrected chi connectivity index (χ1v) is 7.90. The smallest absolute Gasteiger partial charge is 0.257 e. The molecule has 1 amide bonds. The van der Waals surface area contributed by atoms with E-state index < -0.39 is 0 Å². The molecule has 3 aromatic rings. The van der Waals surface area contributed by atoms with Gasteiger partial charge in [0.25, 0.3) is 11.5 Å². The van der Waals surface area contributed by atoms with E-state index in [2.05, 4.69) is 10.3 Å². The lowest BCUT2D eigenvalue weighted by Gasteiger charge is -2.10. The fourth-order valence-corrected chi connectivity index (χ4v) is 3.30. The average molecular weight is 315 g/mol. The number of carbonyl (C=O) groups is 1. The lowest BCUT2D eigenvalue weighted by atomic mass is 10.1. The Kier molecular flexibility index (Phi) is 3.96. The molecule has 6 heteroatoms. The highest BCUT2D eigenvalue weighted by Crippen LogP contribution is 2.26. The molecule has 114 valence electrons. The Labute approximate surface area is 131 Å². The molecule has 0 bridgehead atoms. The minimum absolute atomic E-state index is 0.117. The van der Waals surface area contributed by atoms with E-state index in [1.165, 1.54) is 11.3 Å². The Morgan fingerprint density at radius 1 is 1.27 bits per heavy atom. The first-order valence-electron chi connectivity index (χ1n) is 7.02. The van der Waals surface area contributed by atoms with Crippen LogP contribution < -0.4 is 10.9 Å². The number of fused-ring (bicyclic) bond motifs is 3. The summed E-state index contributed by atoms with van der Waals surface area (Å²) in [5.41, 5.74) is 1.13. The number of benzene rings is 1. The van der Waals surface area contributed by atoms with Gasteiger partial charge in [-0.05, 0) is 37.7 Å². The van der Waals surface area contributed by atoms with E-state index in [0.717, 1.165) is 16.6 Å². The maximum absolute atomic E-state index is 12.1. The van der Waals surface area contributed by atoms with Crippen LogP contribution in [0.5, 0.6) is 0 Å². The minimum atomic E-state index is -0.129. The lowest BCUT2D eigenvalue weighted by Crippen LogP contribution is -2.31. The first kappa shape index (κ1) is 14.7. The predicted molar refractivity (Wildman–Crippen MR) is 90.8 cm³/mol. The Morgan fingerprint density at radius 2 is 2.09 bits per heavy atom. The summed E-state index contributed by atoms with van der Waals surface area (Å²) >= 11 is 1.54. The second-order valence-corrected chi connectivity index (χ2v) is 6.35. The van der Waals surface area contributed by atoms with Gasteiger partial charge in [0.2, 0.25) is 0 Å². The summed E-state index contributed by atoms with van der Waals surface area (Å²) in [6.07, 6.45) is 0. The van der Waals surface area contributed by atoms with Crippen molar-refractivity contribution in [3.8, 4) is 0 Å². The highest BCUT2D eigenvalue weighted by molar-refractivity contribution is 7.18. The molecule has 0 fully saturated rings. The number of amides is 1. The van der Waals surface area contributed by atoms with Crippen molar-refractivity contribution in [3.05, 3.63) is 45.6 Å². The van der Waals surface area contributed by atoms with Crippen LogP contribution in [0.4, 0.5) is 0 Å². The van der Waals surface area contributed by atoms with Crippen molar-refractivity contribution < 1.29 is 4.79 Å². The maximum atomic E-state index is 12.1. The van der Waals surface area contributed by atoms with Crippen LogP contribution in [0.1, 0.15) is 10.4 Å². The molecule has 0 aliphatic rings. The molecule has 0 aliphatic carbocycles. The van der Waals surface area contributed by atoms with Crippen LogP contribution in [0.3, 0.4) is 0 Å². The second kappa shape index (κ2) is 5.90. The highest BCUT2D eigenvalue weighted by Gasteiger charge is 2.10. The third-order valence-electron chi connectivity index (χ3n) is 3.53. The minimum Gasteiger partial charge on any atom is -0.351 e. The SMILES string of the molecule is CN(C)CCNC(=O)c1ccc2c(c1)[nH]c(=O)c1ccsc12. The monoisotopic (exact) mass is 315 g/mol. The molecule has 0 spiro atoms. The number of hydrogen-bond donors (Lipinski definition) is 2. The van der Waals surface area contributed by atoms with Gasteiger partial charge in [-0.25, -0.2) is 0 Å². The molecule has 0 radical (unpaired) electrons. The Balaban J connectivity index is 1.94. The van der Waals surface area contributed by atoms with Gasteiger partial charge in [-0.1, -0.05) is 6.07 Å². The third-order valence-corrected chi connectivity index (χ3v) is 4.48. The predicted octanol–water partition coefficient (Wildman–Crippen LogP) is 2.03. The summed E-state index contributed by atoms with van der Waals surface area (Å²) in [7, 11) is 3.92. The van der Waals surface area contributed by atoms with Crippen LogP contribution in [0, 0.1) is 0 Å². The molecular weight excluding hydrogens is 298 g/mol. The number of nitrogens with one attached hydrogen (secondary N) is 2. The van der Waals surface area contributed by atoms with Gasteiger partial charge in [0.05, 0.1) is 10.9 Å². The number of thiophene rings is 1. The Bertz CT molecular complexity index is 895. The van der Waals surface area contributed by atoms with Gasteiger partial charge in [-0.2, -0.15) is 0 Å². The topological polar surface area (TPSA) is 65.2 Å². The maximum Gasteiger partial charge on any atom is 0.257 e. The molecule has 0 saturated carbocycles. The number of likely N-dealkylation sites (N-methyl/N-ethyl adjacent to an activating group) is 1. The van der Waals surface area contributed by atoms with Gasteiger partial charge in [-0.3, -0.25) is 9.59 Å². The van der Waals surface area contributed by atoms with Gasteiger partial charge in [-0.15, -0.1) is 11.3 Å². The van der Waals surface area contributed by atoms with Crippen LogP contribution in [0.2, 0.25) is 0 Å². The van der Waals surface area contributed by atoms with Gasteiger partial charge in [0.15, 0.2) is 0 Å². The van der Waals surface area contributed by atoms with Crippen molar-refractivity contribution >= 4 is 38.2 Å². The van der Waals surface area contributed by atoms with E-state index in [0.29, 0.717) is 23.0 Å². The number of nitrogens with zero attached hydrogens (tertiary/aromatic N) is 1. The van der Waals surface area contributed by atoms with Gasteiger partial charge < -0.3 is 15.2 Å². The molecule has 0 atom stereocenters. The summed E-state index contributed by atoms with van der Waals surface area (Å²) in [5, 5.41) is 6.44. The molecule has 2 heterocycles.